The monoisotopic (exact) mass is 566 g/mol. The van der Waals surface area contributed by atoms with Gasteiger partial charge in [0.1, 0.15) is 0 Å². The van der Waals surface area contributed by atoms with E-state index in [2.05, 4.69) is 48.7 Å². The van der Waals surface area contributed by atoms with Crippen LogP contribution in [0.25, 0.3) is 0 Å². The molecule has 0 saturated carbocycles. The van der Waals surface area contributed by atoms with Gasteiger partial charge in [-0.1, -0.05) is 50.6 Å². The van der Waals surface area contributed by atoms with E-state index < -0.39 is 23.9 Å². The lowest BCUT2D eigenvalue weighted by Gasteiger charge is -2.51. The van der Waals surface area contributed by atoms with E-state index in [9.17, 15) is 8.42 Å². The number of aryl methyl sites for hydroxylation is 1. The van der Waals surface area contributed by atoms with Gasteiger partial charge < -0.3 is 4.43 Å². The fraction of sp³-hybridized carbons (Fsp3) is 0.467. The van der Waals surface area contributed by atoms with Crippen LogP contribution < -0.4 is 0 Å². The lowest BCUT2D eigenvalue weighted by Crippen LogP contribution is -2.67. The molecule has 0 bridgehead atoms. The average Bonchev–Trinajstić information content (AvgIpc) is 2.89. The molecule has 210 valence electrons. The normalized spacial score (nSPS) is 19.7. The molecule has 4 rings (SSSR count). The highest BCUT2D eigenvalue weighted by molar-refractivity contribution is 7.89. The molecule has 1 aromatic carbocycles. The third-order valence-corrected chi connectivity index (χ3v) is 14.6. The van der Waals surface area contributed by atoms with Crippen LogP contribution in [-0.4, -0.2) is 67.7 Å². The Hall–Kier alpha value is -2.43. The Balaban J connectivity index is 1.77. The molecule has 1 aliphatic heterocycles. The van der Waals surface area contributed by atoms with Crippen LogP contribution in [0.2, 0.25) is 18.1 Å². The molecule has 7 nitrogen and oxygen atoms in total. The second-order valence-electron chi connectivity index (χ2n) is 12.2. The smallest absolute Gasteiger partial charge is 0.243 e. The first kappa shape index (κ1) is 29.5. The van der Waals surface area contributed by atoms with Crippen LogP contribution in [0.15, 0.2) is 78.0 Å². The maximum Gasteiger partial charge on any atom is 0.243 e. The third-order valence-electron chi connectivity index (χ3n) is 8.24. The summed E-state index contributed by atoms with van der Waals surface area (Å²) in [5.41, 5.74) is 2.26. The van der Waals surface area contributed by atoms with Gasteiger partial charge >= 0.3 is 0 Å². The number of aromatic nitrogens is 2. The van der Waals surface area contributed by atoms with Crippen LogP contribution >= 0.6 is 0 Å². The molecule has 1 aliphatic rings. The summed E-state index contributed by atoms with van der Waals surface area (Å²) in [6, 6.07) is 19.0. The maximum atomic E-state index is 13.9. The SMILES string of the molecule is Cc1ccc(S(=O)(=O)N2CCN(Cc3ccccn3)C(CO[Si](C)(C)C(C)(C)C)(Cc3ccccn3)C2)cc1. The van der Waals surface area contributed by atoms with Gasteiger partial charge in [-0.25, -0.2) is 8.42 Å². The van der Waals surface area contributed by atoms with Gasteiger partial charge in [0.05, 0.1) is 22.7 Å². The molecule has 1 atom stereocenters. The number of piperazine rings is 1. The van der Waals surface area contributed by atoms with E-state index in [0.29, 0.717) is 44.1 Å². The highest BCUT2D eigenvalue weighted by atomic mass is 32.2. The van der Waals surface area contributed by atoms with Gasteiger partial charge in [0.2, 0.25) is 10.0 Å². The number of hydrogen-bond donors (Lipinski definition) is 0. The molecule has 1 unspecified atom stereocenters. The molecular weight excluding hydrogens is 525 g/mol. The second-order valence-corrected chi connectivity index (χ2v) is 18.9. The minimum Gasteiger partial charge on any atom is -0.415 e. The van der Waals surface area contributed by atoms with Crippen molar-refractivity contribution >= 4 is 18.3 Å². The first-order valence-electron chi connectivity index (χ1n) is 13.6. The molecular formula is C30H42N4O3SSi. The van der Waals surface area contributed by atoms with E-state index >= 15 is 0 Å². The minimum atomic E-state index is -3.69. The molecule has 0 spiro atoms. The molecule has 0 aliphatic carbocycles. The van der Waals surface area contributed by atoms with Crippen molar-refractivity contribution < 1.29 is 12.8 Å². The molecule has 0 N–H and O–H groups in total. The lowest BCUT2D eigenvalue weighted by molar-refractivity contribution is -0.0177. The Morgan fingerprint density at radius 2 is 1.54 bits per heavy atom. The summed E-state index contributed by atoms with van der Waals surface area (Å²) >= 11 is 0. The molecule has 0 amide bonds. The van der Waals surface area contributed by atoms with E-state index in [1.807, 2.05) is 55.5 Å². The van der Waals surface area contributed by atoms with Crippen molar-refractivity contribution in [3.05, 3.63) is 90.0 Å². The van der Waals surface area contributed by atoms with E-state index in [1.165, 1.54) is 0 Å². The molecule has 1 fully saturated rings. The molecule has 1 saturated heterocycles. The van der Waals surface area contributed by atoms with Crippen molar-refractivity contribution in [2.45, 2.75) is 69.2 Å². The summed E-state index contributed by atoms with van der Waals surface area (Å²) in [6.45, 7) is 15.4. The molecule has 3 heterocycles. The molecule has 3 aromatic rings. The third kappa shape index (κ3) is 6.84. The Morgan fingerprint density at radius 1 is 0.923 bits per heavy atom. The van der Waals surface area contributed by atoms with Crippen LogP contribution in [0, 0.1) is 6.92 Å². The number of sulfonamides is 1. The van der Waals surface area contributed by atoms with Gasteiger partial charge in [-0.3, -0.25) is 14.9 Å². The van der Waals surface area contributed by atoms with E-state index in [1.54, 1.807) is 28.8 Å². The summed E-state index contributed by atoms with van der Waals surface area (Å²) in [6.07, 6.45) is 4.17. The Kier molecular flexibility index (Phi) is 8.78. The fourth-order valence-corrected chi connectivity index (χ4v) is 7.27. The Morgan fingerprint density at radius 3 is 2.10 bits per heavy atom. The van der Waals surface area contributed by atoms with Crippen molar-refractivity contribution in [1.82, 2.24) is 19.2 Å². The zero-order chi connectivity index (χ0) is 28.3. The summed E-state index contributed by atoms with van der Waals surface area (Å²) in [5.74, 6) is 0. The van der Waals surface area contributed by atoms with Crippen molar-refractivity contribution in [2.24, 2.45) is 0 Å². The number of hydrogen-bond acceptors (Lipinski definition) is 6. The lowest BCUT2D eigenvalue weighted by atomic mass is 9.89. The van der Waals surface area contributed by atoms with Gasteiger partial charge in [-0.15, -0.1) is 0 Å². The largest absolute Gasteiger partial charge is 0.415 e. The number of rotatable bonds is 9. The van der Waals surface area contributed by atoms with Gasteiger partial charge in [0.25, 0.3) is 0 Å². The minimum absolute atomic E-state index is 0.0212. The van der Waals surface area contributed by atoms with Crippen LogP contribution in [0.3, 0.4) is 0 Å². The van der Waals surface area contributed by atoms with Gasteiger partial charge in [0, 0.05) is 50.7 Å². The quantitative estimate of drug-likeness (QED) is 0.328. The number of pyridine rings is 2. The van der Waals surface area contributed by atoms with Crippen LogP contribution in [0.1, 0.15) is 37.7 Å². The van der Waals surface area contributed by atoms with Crippen molar-refractivity contribution in [3.8, 4) is 0 Å². The van der Waals surface area contributed by atoms with E-state index in [4.69, 9.17) is 4.43 Å². The summed E-state index contributed by atoms with van der Waals surface area (Å²) in [4.78, 5) is 11.9. The predicted octanol–water partition coefficient (Wildman–Crippen LogP) is 5.29. The van der Waals surface area contributed by atoms with Gasteiger partial charge in [0.15, 0.2) is 8.32 Å². The number of nitrogens with zero attached hydrogens (tertiary/aromatic N) is 4. The summed E-state index contributed by atoms with van der Waals surface area (Å²) < 4.78 is 36.4. The Bertz CT molecular complexity index is 1330. The van der Waals surface area contributed by atoms with Crippen LogP contribution in [0.5, 0.6) is 0 Å². The summed E-state index contributed by atoms with van der Waals surface area (Å²) in [5, 5.41) is 0.0212. The first-order valence-corrected chi connectivity index (χ1v) is 17.9. The van der Waals surface area contributed by atoms with E-state index in [-0.39, 0.29) is 5.04 Å². The van der Waals surface area contributed by atoms with E-state index in [0.717, 1.165) is 17.0 Å². The predicted molar refractivity (Wildman–Crippen MR) is 158 cm³/mol. The molecule has 9 heteroatoms. The fourth-order valence-electron chi connectivity index (χ4n) is 4.70. The molecule has 39 heavy (non-hydrogen) atoms. The summed E-state index contributed by atoms with van der Waals surface area (Å²) in [7, 11) is -5.84. The maximum absolute atomic E-state index is 13.9. The zero-order valence-electron chi connectivity index (χ0n) is 24.1. The van der Waals surface area contributed by atoms with Crippen molar-refractivity contribution in [2.75, 3.05) is 26.2 Å². The van der Waals surface area contributed by atoms with Gasteiger partial charge in [-0.2, -0.15) is 4.31 Å². The highest BCUT2D eigenvalue weighted by Gasteiger charge is 2.48. The Labute approximate surface area is 235 Å². The van der Waals surface area contributed by atoms with Crippen molar-refractivity contribution in [3.63, 3.8) is 0 Å². The van der Waals surface area contributed by atoms with Crippen LogP contribution in [0.4, 0.5) is 0 Å². The standard InChI is InChI=1S/C30H42N4O3SSi/c1-25-13-15-28(16-14-25)38(35,36)34-20-19-33(22-27-12-8-10-18-32-27)30(23-34,21-26-11-7-9-17-31-26)24-37-39(5,6)29(2,3)4/h7-18H,19-24H2,1-6H3. The molecule has 2 aromatic heterocycles. The van der Waals surface area contributed by atoms with Crippen molar-refractivity contribution in [1.29, 1.82) is 0 Å². The molecule has 0 radical (unpaired) electrons. The topological polar surface area (TPSA) is 75.6 Å². The average molecular weight is 567 g/mol. The highest BCUT2D eigenvalue weighted by Crippen LogP contribution is 2.39. The van der Waals surface area contributed by atoms with Gasteiger partial charge in [-0.05, 0) is 61.5 Å². The van der Waals surface area contributed by atoms with Crippen LogP contribution in [-0.2, 0) is 27.4 Å². The zero-order valence-corrected chi connectivity index (χ0v) is 25.9. The first-order chi connectivity index (χ1) is 18.3. The number of benzene rings is 1. The second kappa shape index (κ2) is 11.6.